The lowest BCUT2D eigenvalue weighted by Gasteiger charge is -1.92. The predicted molar refractivity (Wildman–Crippen MR) is 54.6 cm³/mol. The summed E-state index contributed by atoms with van der Waals surface area (Å²) in [6.07, 6.45) is 3.19. The van der Waals surface area contributed by atoms with Crippen molar-refractivity contribution in [2.24, 2.45) is 0 Å². The quantitative estimate of drug-likeness (QED) is 0.457. The molecule has 0 amide bonds. The third kappa shape index (κ3) is 1.48. The fourth-order valence-electron chi connectivity index (χ4n) is 1.06. The fourth-order valence-corrected chi connectivity index (χ4v) is 1.60. The van der Waals surface area contributed by atoms with Crippen LogP contribution in [-0.2, 0) is 0 Å². The van der Waals surface area contributed by atoms with Crippen LogP contribution in [0.2, 0.25) is 0 Å². The molecule has 2 rings (SSSR count). The molecule has 0 radical (unpaired) electrons. The highest BCUT2D eigenvalue weighted by Gasteiger charge is 2.06. The summed E-state index contributed by atoms with van der Waals surface area (Å²) in [4.78, 5) is 14.1. The monoisotopic (exact) mass is 289 g/mol. The summed E-state index contributed by atoms with van der Waals surface area (Å²) < 4.78 is 2.46. The standard InChI is InChI=1S/C7H4IN3O2/c8-6-4-10-3-5(11(12)13)1-2-7(10)9-6/h1-4H. The van der Waals surface area contributed by atoms with Gasteiger partial charge in [0.05, 0.1) is 11.1 Å². The average Bonchev–Trinajstić information content (AvgIpc) is 2.42. The highest BCUT2D eigenvalue weighted by molar-refractivity contribution is 14.1. The van der Waals surface area contributed by atoms with Gasteiger partial charge in [-0.1, -0.05) is 0 Å². The predicted octanol–water partition coefficient (Wildman–Crippen LogP) is 1.85. The number of halogens is 1. The molecule has 2 aromatic rings. The molecular formula is C7H4IN3O2. The summed E-state index contributed by atoms with van der Waals surface area (Å²) in [5.74, 6) is 0. The van der Waals surface area contributed by atoms with Gasteiger partial charge < -0.3 is 0 Å². The molecular weight excluding hydrogens is 285 g/mol. The maximum atomic E-state index is 10.4. The van der Waals surface area contributed by atoms with E-state index in [0.717, 1.165) is 9.35 Å². The number of nitro groups is 1. The minimum atomic E-state index is -0.424. The number of imidazole rings is 1. The van der Waals surface area contributed by atoms with E-state index in [0.29, 0.717) is 0 Å². The molecule has 0 atom stereocenters. The molecule has 6 heteroatoms. The van der Waals surface area contributed by atoms with E-state index in [1.807, 2.05) is 0 Å². The zero-order valence-corrected chi connectivity index (χ0v) is 8.50. The number of pyridine rings is 1. The Hall–Kier alpha value is -1.18. The van der Waals surface area contributed by atoms with Crippen molar-refractivity contribution in [2.75, 3.05) is 0 Å². The van der Waals surface area contributed by atoms with Gasteiger partial charge in [0.15, 0.2) is 0 Å². The van der Waals surface area contributed by atoms with Crippen LogP contribution < -0.4 is 0 Å². The van der Waals surface area contributed by atoms with E-state index in [1.54, 1.807) is 16.7 Å². The van der Waals surface area contributed by atoms with Crippen LogP contribution in [0.15, 0.2) is 24.5 Å². The molecule has 0 unspecified atom stereocenters. The number of aromatic nitrogens is 2. The van der Waals surface area contributed by atoms with Gasteiger partial charge in [-0.25, -0.2) is 4.98 Å². The lowest BCUT2D eigenvalue weighted by atomic mass is 10.4. The number of fused-ring (bicyclic) bond motifs is 1. The molecule has 2 heterocycles. The van der Waals surface area contributed by atoms with Gasteiger partial charge in [-0.05, 0) is 28.7 Å². The molecule has 0 fully saturated rings. The molecule has 2 aromatic heterocycles. The zero-order chi connectivity index (χ0) is 9.42. The van der Waals surface area contributed by atoms with E-state index in [-0.39, 0.29) is 5.69 Å². The molecule has 13 heavy (non-hydrogen) atoms. The minimum Gasteiger partial charge on any atom is -0.299 e. The third-order valence-corrected chi connectivity index (χ3v) is 2.14. The normalized spacial score (nSPS) is 10.5. The van der Waals surface area contributed by atoms with Gasteiger partial charge in [0.2, 0.25) is 0 Å². The largest absolute Gasteiger partial charge is 0.299 e. The van der Waals surface area contributed by atoms with Crippen LogP contribution in [0.1, 0.15) is 0 Å². The van der Waals surface area contributed by atoms with Gasteiger partial charge >= 0.3 is 0 Å². The molecule has 0 aliphatic rings. The van der Waals surface area contributed by atoms with Crippen molar-refractivity contribution in [3.63, 3.8) is 0 Å². The number of nitrogens with zero attached hydrogens (tertiary/aromatic N) is 3. The molecule has 0 spiro atoms. The smallest absolute Gasteiger partial charge is 0.286 e. The van der Waals surface area contributed by atoms with Crippen LogP contribution >= 0.6 is 22.6 Å². The second kappa shape index (κ2) is 2.95. The van der Waals surface area contributed by atoms with E-state index in [2.05, 4.69) is 27.6 Å². The van der Waals surface area contributed by atoms with Crippen molar-refractivity contribution in [3.8, 4) is 0 Å². The third-order valence-electron chi connectivity index (χ3n) is 1.62. The van der Waals surface area contributed by atoms with Crippen molar-refractivity contribution < 1.29 is 4.92 Å². The summed E-state index contributed by atoms with van der Waals surface area (Å²) in [7, 11) is 0. The second-order valence-corrected chi connectivity index (χ2v) is 3.58. The Balaban J connectivity index is 2.67. The summed E-state index contributed by atoms with van der Waals surface area (Å²) in [6, 6.07) is 3.07. The maximum Gasteiger partial charge on any atom is 0.286 e. The zero-order valence-electron chi connectivity index (χ0n) is 6.35. The van der Waals surface area contributed by atoms with Gasteiger partial charge in [0.25, 0.3) is 5.69 Å². The van der Waals surface area contributed by atoms with Gasteiger partial charge in [0, 0.05) is 12.3 Å². The van der Waals surface area contributed by atoms with Crippen LogP contribution in [-0.4, -0.2) is 14.3 Å². The highest BCUT2D eigenvalue weighted by Crippen LogP contribution is 2.14. The number of hydrogen-bond acceptors (Lipinski definition) is 3. The first-order valence-corrected chi connectivity index (χ1v) is 4.53. The summed E-state index contributed by atoms with van der Waals surface area (Å²) in [5.41, 5.74) is 0.788. The lowest BCUT2D eigenvalue weighted by molar-refractivity contribution is -0.385. The van der Waals surface area contributed by atoms with Gasteiger partial charge in [-0.2, -0.15) is 0 Å². The Kier molecular flexibility index (Phi) is 1.91. The van der Waals surface area contributed by atoms with E-state index >= 15 is 0 Å². The Morgan fingerprint density at radius 3 is 2.92 bits per heavy atom. The first-order valence-electron chi connectivity index (χ1n) is 3.45. The molecule has 0 bridgehead atoms. The van der Waals surface area contributed by atoms with Crippen LogP contribution in [0.5, 0.6) is 0 Å². The van der Waals surface area contributed by atoms with Crippen LogP contribution in [0.3, 0.4) is 0 Å². The van der Waals surface area contributed by atoms with Crippen LogP contribution in [0.4, 0.5) is 5.69 Å². The van der Waals surface area contributed by atoms with Crippen molar-refractivity contribution in [1.29, 1.82) is 0 Å². The summed E-state index contributed by atoms with van der Waals surface area (Å²) in [6.45, 7) is 0. The molecule has 5 nitrogen and oxygen atoms in total. The number of hydrogen-bond donors (Lipinski definition) is 0. The fraction of sp³-hybridized carbons (Fsp3) is 0. The first kappa shape index (κ1) is 8.42. The van der Waals surface area contributed by atoms with Crippen molar-refractivity contribution >= 4 is 33.9 Å². The Morgan fingerprint density at radius 2 is 2.23 bits per heavy atom. The number of rotatable bonds is 1. The van der Waals surface area contributed by atoms with Crippen molar-refractivity contribution in [2.45, 2.75) is 0 Å². The van der Waals surface area contributed by atoms with Crippen LogP contribution in [0, 0.1) is 13.8 Å². The van der Waals surface area contributed by atoms with Gasteiger partial charge in [-0.3, -0.25) is 14.5 Å². The molecule has 0 saturated heterocycles. The van der Waals surface area contributed by atoms with Crippen LogP contribution in [0.25, 0.3) is 5.65 Å². The van der Waals surface area contributed by atoms with E-state index < -0.39 is 4.92 Å². The van der Waals surface area contributed by atoms with E-state index in [9.17, 15) is 10.1 Å². The lowest BCUT2D eigenvalue weighted by Crippen LogP contribution is -1.90. The Bertz CT molecular complexity index is 480. The molecule has 66 valence electrons. The minimum absolute atomic E-state index is 0.0706. The van der Waals surface area contributed by atoms with Gasteiger partial charge in [-0.15, -0.1) is 0 Å². The highest BCUT2D eigenvalue weighted by atomic mass is 127. The SMILES string of the molecule is O=[N+]([O-])c1ccc2nc(I)cn2c1. The Labute approximate surface area is 86.7 Å². The van der Waals surface area contributed by atoms with Gasteiger partial charge in [0.1, 0.15) is 9.35 Å². The first-order chi connectivity index (χ1) is 6.16. The summed E-state index contributed by atoms with van der Waals surface area (Å²) in [5, 5.41) is 10.4. The van der Waals surface area contributed by atoms with E-state index in [4.69, 9.17) is 0 Å². The van der Waals surface area contributed by atoms with Crippen molar-refractivity contribution in [3.05, 3.63) is 38.3 Å². The molecule has 0 N–H and O–H groups in total. The molecule has 0 saturated carbocycles. The summed E-state index contributed by atoms with van der Waals surface area (Å²) >= 11 is 2.06. The topological polar surface area (TPSA) is 60.4 Å². The molecule has 0 aliphatic carbocycles. The second-order valence-electron chi connectivity index (χ2n) is 2.47. The molecule has 0 aromatic carbocycles. The van der Waals surface area contributed by atoms with E-state index in [1.165, 1.54) is 12.3 Å². The average molecular weight is 289 g/mol. The maximum absolute atomic E-state index is 10.4. The Morgan fingerprint density at radius 1 is 1.46 bits per heavy atom. The molecule has 0 aliphatic heterocycles. The van der Waals surface area contributed by atoms with Crippen molar-refractivity contribution in [1.82, 2.24) is 9.38 Å².